The van der Waals surface area contributed by atoms with Gasteiger partial charge in [0.1, 0.15) is 0 Å². The highest BCUT2D eigenvalue weighted by molar-refractivity contribution is 7.99. The van der Waals surface area contributed by atoms with Crippen LogP contribution >= 0.6 is 11.8 Å². The Morgan fingerprint density at radius 1 is 1.67 bits per heavy atom. The molecule has 0 radical (unpaired) electrons. The third kappa shape index (κ3) is 2.70. The number of rotatable bonds is 4. The number of hydrogen-bond donors (Lipinski definition) is 0. The van der Waals surface area contributed by atoms with Crippen LogP contribution in [0.4, 0.5) is 0 Å². The number of aromatic nitrogens is 2. The van der Waals surface area contributed by atoms with E-state index in [2.05, 4.69) is 30.6 Å². The second kappa shape index (κ2) is 4.30. The van der Waals surface area contributed by atoms with E-state index in [9.17, 15) is 0 Å². The Hall–Kier alpha value is -0.770. The molecule has 0 fully saturated rings. The first-order valence-electron chi connectivity index (χ1n) is 3.79. The first-order chi connectivity index (χ1) is 5.72. The van der Waals surface area contributed by atoms with Gasteiger partial charge in [-0.1, -0.05) is 25.6 Å². The van der Waals surface area contributed by atoms with Crippen molar-refractivity contribution in [2.24, 2.45) is 0 Å². The van der Waals surface area contributed by atoms with Crippen molar-refractivity contribution >= 4 is 17.8 Å². The van der Waals surface area contributed by atoms with Crippen molar-refractivity contribution in [1.29, 1.82) is 0 Å². The molecule has 12 heavy (non-hydrogen) atoms. The zero-order valence-electron chi connectivity index (χ0n) is 7.28. The molecule has 0 unspecified atom stereocenters. The van der Waals surface area contributed by atoms with E-state index in [0.717, 1.165) is 11.6 Å². The molecule has 1 rings (SSSR count). The molecule has 1 heterocycles. The summed E-state index contributed by atoms with van der Waals surface area (Å²) in [6.07, 6.45) is 1.55. The quantitative estimate of drug-likeness (QED) is 0.720. The van der Waals surface area contributed by atoms with Crippen molar-refractivity contribution in [3.63, 3.8) is 0 Å². The summed E-state index contributed by atoms with van der Waals surface area (Å²) in [5.74, 6) is 2.03. The van der Waals surface area contributed by atoms with Crippen LogP contribution in [0.15, 0.2) is 11.1 Å². The summed E-state index contributed by atoms with van der Waals surface area (Å²) in [5, 5.41) is 4.37. The van der Waals surface area contributed by atoms with E-state index in [1.165, 1.54) is 0 Å². The van der Waals surface area contributed by atoms with Gasteiger partial charge in [-0.3, -0.25) is 0 Å². The maximum Gasteiger partial charge on any atom is 0.250 e. The zero-order chi connectivity index (χ0) is 8.97. The Bertz CT molecular complexity index is 257. The highest BCUT2D eigenvalue weighted by Crippen LogP contribution is 2.14. The molecule has 0 saturated heterocycles. The molecule has 0 saturated carbocycles. The van der Waals surface area contributed by atoms with Gasteiger partial charge in [-0.05, 0) is 11.3 Å². The van der Waals surface area contributed by atoms with E-state index in [1.807, 2.05) is 0 Å². The number of thioether (sulfide) groups is 1. The van der Waals surface area contributed by atoms with E-state index in [1.54, 1.807) is 17.8 Å². The van der Waals surface area contributed by atoms with Gasteiger partial charge < -0.3 is 4.52 Å². The van der Waals surface area contributed by atoms with Gasteiger partial charge in [0, 0.05) is 0 Å². The Kier molecular flexibility index (Phi) is 3.34. The highest BCUT2D eigenvalue weighted by Gasteiger charge is 2.03. The van der Waals surface area contributed by atoms with Crippen LogP contribution in [0.25, 0.3) is 6.08 Å². The lowest BCUT2D eigenvalue weighted by Crippen LogP contribution is -1.90. The Morgan fingerprint density at radius 3 is 2.92 bits per heavy atom. The van der Waals surface area contributed by atoms with Gasteiger partial charge in [-0.2, -0.15) is 16.7 Å². The fourth-order valence-electron chi connectivity index (χ4n) is 0.650. The smallest absolute Gasteiger partial charge is 0.250 e. The van der Waals surface area contributed by atoms with Crippen LogP contribution in [0.5, 0.6) is 0 Å². The molecule has 0 bridgehead atoms. The molecule has 4 heteroatoms. The molecule has 0 aliphatic rings. The van der Waals surface area contributed by atoms with Crippen LogP contribution in [0, 0.1) is 0 Å². The predicted molar refractivity (Wildman–Crippen MR) is 50.8 cm³/mol. The summed E-state index contributed by atoms with van der Waals surface area (Å²) in [6.45, 7) is 7.81. The van der Waals surface area contributed by atoms with Gasteiger partial charge in [-0.25, -0.2) is 0 Å². The molecule has 0 spiro atoms. The molecule has 0 amide bonds. The van der Waals surface area contributed by atoms with Crippen molar-refractivity contribution in [1.82, 2.24) is 10.1 Å². The highest BCUT2D eigenvalue weighted by atomic mass is 32.2. The van der Waals surface area contributed by atoms with Crippen molar-refractivity contribution < 1.29 is 4.52 Å². The predicted octanol–water partition coefficient (Wildman–Crippen LogP) is 2.35. The molecule has 0 aromatic carbocycles. The van der Waals surface area contributed by atoms with E-state index in [4.69, 9.17) is 4.52 Å². The summed E-state index contributed by atoms with van der Waals surface area (Å²) in [6, 6.07) is 0. The molecule has 0 aliphatic heterocycles. The first kappa shape index (κ1) is 9.32. The molecule has 0 atom stereocenters. The third-order valence-electron chi connectivity index (χ3n) is 1.20. The minimum absolute atomic E-state index is 0.495. The fraction of sp³-hybridized carbons (Fsp3) is 0.500. The van der Waals surface area contributed by atoms with Crippen molar-refractivity contribution in [3.05, 3.63) is 18.3 Å². The van der Waals surface area contributed by atoms with E-state index in [0.29, 0.717) is 11.1 Å². The van der Waals surface area contributed by atoms with Crippen molar-refractivity contribution in [2.75, 3.05) is 0 Å². The van der Waals surface area contributed by atoms with Crippen LogP contribution in [-0.2, 0) is 5.75 Å². The maximum absolute atomic E-state index is 4.85. The first-order valence-corrected chi connectivity index (χ1v) is 4.84. The number of hydrogen-bond acceptors (Lipinski definition) is 4. The molecule has 1 aromatic heterocycles. The largest absolute Gasteiger partial charge is 0.335 e. The van der Waals surface area contributed by atoms with Crippen molar-refractivity contribution in [2.45, 2.75) is 24.9 Å². The van der Waals surface area contributed by atoms with Crippen LogP contribution < -0.4 is 0 Å². The molecule has 66 valence electrons. The summed E-state index contributed by atoms with van der Waals surface area (Å²) in [5.41, 5.74) is 0. The Morgan fingerprint density at radius 2 is 2.42 bits per heavy atom. The second-order valence-corrected chi connectivity index (χ2v) is 4.18. The lowest BCUT2D eigenvalue weighted by Gasteiger charge is -1.98. The van der Waals surface area contributed by atoms with Crippen LogP contribution in [-0.4, -0.2) is 15.4 Å². The van der Waals surface area contributed by atoms with E-state index >= 15 is 0 Å². The minimum atomic E-state index is 0.495. The third-order valence-corrected chi connectivity index (χ3v) is 2.30. The molecular weight excluding hydrogens is 172 g/mol. The van der Waals surface area contributed by atoms with Crippen LogP contribution in [0.3, 0.4) is 0 Å². The van der Waals surface area contributed by atoms with Gasteiger partial charge in [0.15, 0.2) is 5.82 Å². The lowest BCUT2D eigenvalue weighted by atomic mass is 10.6. The van der Waals surface area contributed by atoms with E-state index < -0.39 is 0 Å². The Balaban J connectivity index is 2.47. The van der Waals surface area contributed by atoms with Crippen LogP contribution in [0.2, 0.25) is 0 Å². The average molecular weight is 184 g/mol. The average Bonchev–Trinajstić information content (AvgIpc) is 2.48. The topological polar surface area (TPSA) is 38.9 Å². The van der Waals surface area contributed by atoms with Gasteiger partial charge in [0.2, 0.25) is 5.89 Å². The minimum Gasteiger partial charge on any atom is -0.335 e. The second-order valence-electron chi connectivity index (χ2n) is 2.61. The molecule has 3 nitrogen and oxygen atoms in total. The standard InChI is InChI=1S/C8H12N2OS/c1-4-8-9-7(10-11-8)5-12-6(2)3/h4,6H,1,5H2,2-3H3. The normalized spacial score (nSPS) is 10.6. The monoisotopic (exact) mass is 184 g/mol. The summed E-state index contributed by atoms with van der Waals surface area (Å²) in [4.78, 5) is 4.08. The SMILES string of the molecule is C=Cc1nc(CSC(C)C)no1. The van der Waals surface area contributed by atoms with Gasteiger partial charge in [0.05, 0.1) is 5.75 Å². The van der Waals surface area contributed by atoms with Gasteiger partial charge >= 0.3 is 0 Å². The Labute approximate surface area is 76.2 Å². The van der Waals surface area contributed by atoms with E-state index in [-0.39, 0.29) is 0 Å². The fourth-order valence-corrected chi connectivity index (χ4v) is 1.25. The van der Waals surface area contributed by atoms with Gasteiger partial charge in [0.25, 0.3) is 0 Å². The summed E-state index contributed by atoms with van der Waals surface area (Å²) in [7, 11) is 0. The molecule has 0 N–H and O–H groups in total. The summed E-state index contributed by atoms with van der Waals surface area (Å²) < 4.78 is 4.85. The zero-order valence-corrected chi connectivity index (χ0v) is 8.10. The van der Waals surface area contributed by atoms with Crippen LogP contribution in [0.1, 0.15) is 25.6 Å². The molecule has 0 aliphatic carbocycles. The number of nitrogens with zero attached hydrogens (tertiary/aromatic N) is 2. The molecule has 1 aromatic rings. The maximum atomic E-state index is 4.85. The van der Waals surface area contributed by atoms with Crippen molar-refractivity contribution in [3.8, 4) is 0 Å². The molecular formula is C8H12N2OS. The summed E-state index contributed by atoms with van der Waals surface area (Å²) >= 11 is 1.79. The lowest BCUT2D eigenvalue weighted by molar-refractivity contribution is 0.405. The van der Waals surface area contributed by atoms with Gasteiger partial charge in [-0.15, -0.1) is 0 Å².